The number of carbonyl (C=O) groups excluding carboxylic acids is 2. The van der Waals surface area contributed by atoms with E-state index in [9.17, 15) is 9.59 Å². The lowest BCUT2D eigenvalue weighted by molar-refractivity contribution is -0.131. The summed E-state index contributed by atoms with van der Waals surface area (Å²) in [7, 11) is 0. The topological polar surface area (TPSA) is 67.9 Å². The number of nitrogens with zero attached hydrogens (tertiary/aromatic N) is 1. The summed E-state index contributed by atoms with van der Waals surface area (Å²) in [4.78, 5) is 26.2. The van der Waals surface area contributed by atoms with E-state index < -0.39 is 0 Å². The van der Waals surface area contributed by atoms with Crippen molar-refractivity contribution < 1.29 is 19.1 Å². The minimum Gasteiger partial charge on any atom is -0.454 e. The van der Waals surface area contributed by atoms with Crippen LogP contribution in [-0.2, 0) is 4.79 Å². The van der Waals surface area contributed by atoms with Gasteiger partial charge in [-0.15, -0.1) is 0 Å². The van der Waals surface area contributed by atoms with Gasteiger partial charge in [-0.3, -0.25) is 9.59 Å². The second-order valence-corrected chi connectivity index (χ2v) is 6.09. The van der Waals surface area contributed by atoms with Crippen molar-refractivity contribution in [2.45, 2.75) is 25.3 Å². The van der Waals surface area contributed by atoms with Gasteiger partial charge in [0.1, 0.15) is 0 Å². The Bertz CT molecular complexity index is 627. The molecular formula is C16H18N2O4. The quantitative estimate of drug-likeness (QED) is 0.909. The molecule has 1 saturated heterocycles. The van der Waals surface area contributed by atoms with Gasteiger partial charge in [-0.2, -0.15) is 0 Å². The zero-order valence-corrected chi connectivity index (χ0v) is 12.2. The maximum absolute atomic E-state index is 12.3. The normalized spacial score (nSPS) is 22.7. The van der Waals surface area contributed by atoms with Crippen LogP contribution in [0.2, 0.25) is 0 Å². The van der Waals surface area contributed by atoms with Gasteiger partial charge in [0.2, 0.25) is 12.7 Å². The van der Waals surface area contributed by atoms with Crippen LogP contribution in [-0.4, -0.2) is 42.6 Å². The molecule has 3 aliphatic rings. The molecule has 0 aromatic heterocycles. The zero-order chi connectivity index (χ0) is 15.1. The summed E-state index contributed by atoms with van der Waals surface area (Å²) in [5, 5.41) is 3.00. The molecule has 6 nitrogen and oxygen atoms in total. The minimum atomic E-state index is -0.135. The van der Waals surface area contributed by atoms with Crippen molar-refractivity contribution in [2.75, 3.05) is 19.9 Å². The average Bonchev–Trinajstić information content (AvgIpc) is 3.08. The Morgan fingerprint density at radius 2 is 1.95 bits per heavy atom. The zero-order valence-electron chi connectivity index (χ0n) is 12.2. The van der Waals surface area contributed by atoms with Gasteiger partial charge in [0.15, 0.2) is 11.5 Å². The summed E-state index contributed by atoms with van der Waals surface area (Å²) in [6.07, 6.45) is 2.85. The molecule has 2 amide bonds. The maximum atomic E-state index is 12.3. The number of hydrogen-bond acceptors (Lipinski definition) is 4. The van der Waals surface area contributed by atoms with Crippen LogP contribution in [0.5, 0.6) is 11.5 Å². The third kappa shape index (κ3) is 2.49. The van der Waals surface area contributed by atoms with Gasteiger partial charge in [-0.1, -0.05) is 0 Å². The first-order valence-corrected chi connectivity index (χ1v) is 7.70. The van der Waals surface area contributed by atoms with Crippen LogP contribution >= 0.6 is 0 Å². The molecule has 1 aromatic rings. The van der Waals surface area contributed by atoms with Gasteiger partial charge in [0, 0.05) is 30.6 Å². The molecule has 2 heterocycles. The van der Waals surface area contributed by atoms with E-state index in [-0.39, 0.29) is 30.6 Å². The van der Waals surface area contributed by atoms with E-state index in [4.69, 9.17) is 9.47 Å². The molecule has 1 unspecified atom stereocenters. The Kier molecular flexibility index (Phi) is 3.17. The molecule has 2 aliphatic heterocycles. The first-order valence-electron chi connectivity index (χ1n) is 7.70. The smallest absolute Gasteiger partial charge is 0.251 e. The number of hydrogen-bond donors (Lipinski definition) is 1. The van der Waals surface area contributed by atoms with E-state index >= 15 is 0 Å². The summed E-state index contributed by atoms with van der Waals surface area (Å²) >= 11 is 0. The molecule has 0 spiro atoms. The third-order valence-corrected chi connectivity index (χ3v) is 4.40. The molecule has 1 aliphatic carbocycles. The van der Waals surface area contributed by atoms with Gasteiger partial charge in [-0.25, -0.2) is 0 Å². The summed E-state index contributed by atoms with van der Waals surface area (Å²) < 4.78 is 10.5. The summed E-state index contributed by atoms with van der Waals surface area (Å²) in [6, 6.07) is 5.19. The first kappa shape index (κ1) is 13.4. The molecule has 6 heteroatoms. The SMILES string of the molecule is O=C(NC1CCN(C(=O)C2CC2)C1)c1ccc2c(c1)OCO2. The van der Waals surface area contributed by atoms with Crippen LogP contribution in [0.4, 0.5) is 0 Å². The molecule has 4 rings (SSSR count). The number of ether oxygens (including phenoxy) is 2. The highest BCUT2D eigenvalue weighted by molar-refractivity contribution is 5.95. The van der Waals surface area contributed by atoms with Crippen molar-refractivity contribution in [3.05, 3.63) is 23.8 Å². The molecule has 22 heavy (non-hydrogen) atoms. The Morgan fingerprint density at radius 1 is 1.14 bits per heavy atom. The molecule has 1 saturated carbocycles. The summed E-state index contributed by atoms with van der Waals surface area (Å²) in [6.45, 7) is 1.55. The fourth-order valence-corrected chi connectivity index (χ4v) is 2.97. The fourth-order valence-electron chi connectivity index (χ4n) is 2.97. The van der Waals surface area contributed by atoms with Gasteiger partial charge in [0.05, 0.1) is 0 Å². The predicted octanol–water partition coefficient (Wildman–Crippen LogP) is 1.16. The van der Waals surface area contributed by atoms with Crippen LogP contribution in [0, 0.1) is 5.92 Å². The van der Waals surface area contributed by atoms with Crippen LogP contribution in [0.1, 0.15) is 29.6 Å². The predicted molar refractivity (Wildman–Crippen MR) is 77.7 cm³/mol. The third-order valence-electron chi connectivity index (χ3n) is 4.40. The fraction of sp³-hybridized carbons (Fsp3) is 0.500. The van der Waals surface area contributed by atoms with Crippen molar-refractivity contribution in [3.8, 4) is 11.5 Å². The second-order valence-electron chi connectivity index (χ2n) is 6.09. The number of likely N-dealkylation sites (tertiary alicyclic amines) is 1. The average molecular weight is 302 g/mol. The van der Waals surface area contributed by atoms with Crippen LogP contribution in [0.3, 0.4) is 0 Å². The Morgan fingerprint density at radius 3 is 2.77 bits per heavy atom. The van der Waals surface area contributed by atoms with E-state index in [0.717, 1.165) is 25.8 Å². The highest BCUT2D eigenvalue weighted by Crippen LogP contribution is 2.33. The number of nitrogens with one attached hydrogen (secondary N) is 1. The number of carbonyl (C=O) groups is 2. The van der Waals surface area contributed by atoms with E-state index in [1.807, 2.05) is 4.90 Å². The van der Waals surface area contributed by atoms with Gasteiger partial charge >= 0.3 is 0 Å². The van der Waals surface area contributed by atoms with Crippen molar-refractivity contribution in [3.63, 3.8) is 0 Å². The first-order chi connectivity index (χ1) is 10.7. The highest BCUT2D eigenvalue weighted by atomic mass is 16.7. The van der Waals surface area contributed by atoms with E-state index in [2.05, 4.69) is 5.32 Å². The monoisotopic (exact) mass is 302 g/mol. The van der Waals surface area contributed by atoms with Crippen LogP contribution in [0.25, 0.3) is 0 Å². The molecule has 2 fully saturated rings. The Balaban J connectivity index is 1.37. The summed E-state index contributed by atoms with van der Waals surface area (Å²) in [5.74, 6) is 1.62. The largest absolute Gasteiger partial charge is 0.454 e. The van der Waals surface area contributed by atoms with Crippen LogP contribution < -0.4 is 14.8 Å². The molecule has 1 atom stereocenters. The molecule has 116 valence electrons. The molecule has 0 radical (unpaired) electrons. The van der Waals surface area contributed by atoms with Gasteiger partial charge < -0.3 is 19.7 Å². The number of amides is 2. The van der Waals surface area contributed by atoms with Crippen molar-refractivity contribution in [1.29, 1.82) is 0 Å². The van der Waals surface area contributed by atoms with E-state index in [1.165, 1.54) is 0 Å². The molecule has 1 aromatic carbocycles. The maximum Gasteiger partial charge on any atom is 0.251 e. The van der Waals surface area contributed by atoms with Crippen LogP contribution in [0.15, 0.2) is 18.2 Å². The highest BCUT2D eigenvalue weighted by Gasteiger charge is 2.36. The van der Waals surface area contributed by atoms with Gasteiger partial charge in [-0.05, 0) is 37.5 Å². The Labute approximate surface area is 128 Å². The van der Waals surface area contributed by atoms with Crippen molar-refractivity contribution in [1.82, 2.24) is 10.2 Å². The number of rotatable bonds is 3. The standard InChI is InChI=1S/C16H18N2O4/c19-15(11-3-4-13-14(7-11)22-9-21-13)17-12-5-6-18(8-12)16(20)10-1-2-10/h3-4,7,10,12H,1-2,5-6,8-9H2,(H,17,19). The van der Waals surface area contributed by atoms with E-state index in [0.29, 0.717) is 23.6 Å². The summed E-state index contributed by atoms with van der Waals surface area (Å²) in [5.41, 5.74) is 0.552. The molecular weight excluding hydrogens is 284 g/mol. The molecule has 1 N–H and O–H groups in total. The number of benzene rings is 1. The van der Waals surface area contributed by atoms with E-state index in [1.54, 1.807) is 18.2 Å². The molecule has 0 bridgehead atoms. The van der Waals surface area contributed by atoms with Gasteiger partial charge in [0.25, 0.3) is 5.91 Å². The van der Waals surface area contributed by atoms with Crippen molar-refractivity contribution >= 4 is 11.8 Å². The second kappa shape index (κ2) is 5.19. The lowest BCUT2D eigenvalue weighted by Crippen LogP contribution is -2.38. The lowest BCUT2D eigenvalue weighted by Gasteiger charge is -2.17. The number of fused-ring (bicyclic) bond motifs is 1. The lowest BCUT2D eigenvalue weighted by atomic mass is 10.1. The van der Waals surface area contributed by atoms with Crippen molar-refractivity contribution in [2.24, 2.45) is 5.92 Å². The minimum absolute atomic E-state index is 0.0284. The Hall–Kier alpha value is -2.24.